The van der Waals surface area contributed by atoms with E-state index in [4.69, 9.17) is 4.74 Å². The SMILES string of the molecule is CC(C)(C)OC(=O)N1CCC(c2cc3c(-c4cc(NCc5cccc(F)c5)c(F)cc4F)ccnc3[nH]2)CC1. The fraction of sp³-hybridized carbons (Fsp3) is 0.333. The molecule has 1 fully saturated rings. The van der Waals surface area contributed by atoms with Crippen LogP contribution in [0.3, 0.4) is 0 Å². The van der Waals surface area contributed by atoms with Crippen molar-refractivity contribution in [1.82, 2.24) is 14.9 Å². The van der Waals surface area contributed by atoms with Gasteiger partial charge in [-0.15, -0.1) is 0 Å². The van der Waals surface area contributed by atoms with Crippen molar-refractivity contribution in [2.45, 2.75) is 51.7 Å². The normalized spacial score (nSPS) is 14.6. The number of carbonyl (C=O) groups excluding carboxylic acids is 1. The number of benzene rings is 2. The van der Waals surface area contributed by atoms with E-state index in [9.17, 15) is 13.6 Å². The first-order valence-corrected chi connectivity index (χ1v) is 13.0. The number of nitrogens with one attached hydrogen (secondary N) is 2. The Balaban J connectivity index is 1.37. The largest absolute Gasteiger partial charge is 0.444 e. The summed E-state index contributed by atoms with van der Waals surface area (Å²) in [6, 6.07) is 12.0. The summed E-state index contributed by atoms with van der Waals surface area (Å²) in [5, 5.41) is 3.68. The average Bonchev–Trinajstić information content (AvgIpc) is 3.32. The fourth-order valence-corrected chi connectivity index (χ4v) is 4.94. The third-order valence-electron chi connectivity index (χ3n) is 6.86. The molecular weight excluding hydrogens is 505 g/mol. The second kappa shape index (κ2) is 10.6. The first-order chi connectivity index (χ1) is 18.6. The monoisotopic (exact) mass is 536 g/mol. The molecule has 9 heteroatoms. The number of hydrogen-bond acceptors (Lipinski definition) is 4. The van der Waals surface area contributed by atoms with Gasteiger partial charge in [-0.05, 0) is 75.1 Å². The molecule has 204 valence electrons. The smallest absolute Gasteiger partial charge is 0.410 e. The standard InChI is InChI=1S/C30H31F3N4O2/c1-30(2,3)39-29(38)37-11-8-19(9-12-37)26-15-23-21(7-10-34-28(23)36-26)22-14-27(25(33)16-24(22)32)35-17-18-5-4-6-20(31)13-18/h4-7,10,13-16,19,35H,8-9,11-12,17H2,1-3H3,(H,34,36). The Morgan fingerprint density at radius 1 is 1.05 bits per heavy atom. The molecule has 2 aromatic carbocycles. The summed E-state index contributed by atoms with van der Waals surface area (Å²) in [6.07, 6.45) is 2.78. The van der Waals surface area contributed by atoms with E-state index >= 15 is 4.39 Å². The van der Waals surface area contributed by atoms with Crippen LogP contribution in [0, 0.1) is 17.5 Å². The van der Waals surface area contributed by atoms with Crippen LogP contribution < -0.4 is 5.32 Å². The number of hydrogen-bond donors (Lipinski definition) is 2. The highest BCUT2D eigenvalue weighted by Gasteiger charge is 2.28. The van der Waals surface area contributed by atoms with Gasteiger partial charge in [0.1, 0.15) is 28.7 Å². The molecule has 0 unspecified atom stereocenters. The van der Waals surface area contributed by atoms with E-state index in [1.54, 1.807) is 29.3 Å². The number of fused-ring (bicyclic) bond motifs is 1. The Bertz CT molecular complexity index is 1500. The quantitative estimate of drug-likeness (QED) is 0.279. The summed E-state index contributed by atoms with van der Waals surface area (Å²) >= 11 is 0. The molecule has 0 atom stereocenters. The van der Waals surface area contributed by atoms with E-state index in [1.807, 2.05) is 26.8 Å². The molecule has 5 rings (SSSR count). The third kappa shape index (κ3) is 6.02. The molecule has 1 saturated heterocycles. The average molecular weight is 537 g/mol. The number of piperidine rings is 1. The van der Waals surface area contributed by atoms with Crippen molar-refractivity contribution >= 4 is 22.8 Å². The molecule has 4 aromatic rings. The van der Waals surface area contributed by atoms with Crippen LogP contribution in [0.25, 0.3) is 22.2 Å². The topological polar surface area (TPSA) is 70.2 Å². The second-order valence-corrected chi connectivity index (χ2v) is 10.9. The summed E-state index contributed by atoms with van der Waals surface area (Å²) in [7, 11) is 0. The molecule has 0 saturated carbocycles. The van der Waals surface area contributed by atoms with Crippen molar-refractivity contribution in [2.24, 2.45) is 0 Å². The molecule has 0 spiro atoms. The minimum absolute atomic E-state index is 0.117. The van der Waals surface area contributed by atoms with E-state index in [0.29, 0.717) is 29.9 Å². The van der Waals surface area contributed by atoms with Gasteiger partial charge in [-0.25, -0.2) is 22.9 Å². The maximum absolute atomic E-state index is 15.1. The first kappa shape index (κ1) is 26.6. The van der Waals surface area contributed by atoms with Crippen molar-refractivity contribution in [2.75, 3.05) is 18.4 Å². The molecule has 3 heterocycles. The van der Waals surface area contributed by atoms with E-state index in [2.05, 4.69) is 15.3 Å². The van der Waals surface area contributed by atoms with Gasteiger partial charge in [0, 0.05) is 54.5 Å². The Hall–Kier alpha value is -4.01. The number of ether oxygens (including phenoxy) is 1. The van der Waals surface area contributed by atoms with Crippen LogP contribution in [0.15, 0.2) is 54.7 Å². The Morgan fingerprint density at radius 2 is 1.82 bits per heavy atom. The van der Waals surface area contributed by atoms with Gasteiger partial charge in [0.2, 0.25) is 0 Å². The van der Waals surface area contributed by atoms with Gasteiger partial charge < -0.3 is 19.9 Å². The Kier molecular flexibility index (Phi) is 7.25. The van der Waals surface area contributed by atoms with Crippen LogP contribution in [0.4, 0.5) is 23.7 Å². The number of carbonyl (C=O) groups is 1. The lowest BCUT2D eigenvalue weighted by molar-refractivity contribution is 0.0204. The lowest BCUT2D eigenvalue weighted by Crippen LogP contribution is -2.41. The number of anilines is 1. The molecule has 0 aliphatic carbocycles. The number of aromatic nitrogens is 2. The molecule has 2 N–H and O–H groups in total. The number of pyridine rings is 1. The van der Waals surface area contributed by atoms with Gasteiger partial charge in [-0.3, -0.25) is 0 Å². The first-order valence-electron chi connectivity index (χ1n) is 13.0. The molecule has 39 heavy (non-hydrogen) atoms. The van der Waals surface area contributed by atoms with Gasteiger partial charge in [0.05, 0.1) is 5.69 Å². The Morgan fingerprint density at radius 3 is 2.54 bits per heavy atom. The predicted octanol–water partition coefficient (Wildman–Crippen LogP) is 7.37. The number of likely N-dealkylation sites (tertiary alicyclic amines) is 1. The van der Waals surface area contributed by atoms with Crippen molar-refractivity contribution < 1.29 is 22.7 Å². The number of H-pyrrole nitrogens is 1. The van der Waals surface area contributed by atoms with Gasteiger partial charge >= 0.3 is 6.09 Å². The van der Waals surface area contributed by atoms with E-state index < -0.39 is 17.2 Å². The van der Waals surface area contributed by atoms with Gasteiger partial charge in [-0.1, -0.05) is 12.1 Å². The molecule has 2 aromatic heterocycles. The minimum Gasteiger partial charge on any atom is -0.444 e. The predicted molar refractivity (Wildman–Crippen MR) is 145 cm³/mol. The number of aromatic amines is 1. The summed E-state index contributed by atoms with van der Waals surface area (Å²) in [6.45, 7) is 6.87. The number of nitrogens with zero attached hydrogens (tertiary/aromatic N) is 2. The molecule has 1 aliphatic heterocycles. The molecule has 1 amide bonds. The molecule has 0 radical (unpaired) electrons. The lowest BCUT2D eigenvalue weighted by atomic mass is 9.93. The number of rotatable bonds is 5. The van der Waals surface area contributed by atoms with Crippen LogP contribution in [0.1, 0.15) is 50.8 Å². The van der Waals surface area contributed by atoms with E-state index in [0.717, 1.165) is 30.0 Å². The van der Waals surface area contributed by atoms with Gasteiger partial charge in [0.25, 0.3) is 0 Å². The highest BCUT2D eigenvalue weighted by Crippen LogP contribution is 2.36. The van der Waals surface area contributed by atoms with Gasteiger partial charge in [-0.2, -0.15) is 0 Å². The third-order valence-corrected chi connectivity index (χ3v) is 6.86. The fourth-order valence-electron chi connectivity index (χ4n) is 4.94. The van der Waals surface area contributed by atoms with Crippen molar-refractivity contribution in [3.8, 4) is 11.1 Å². The molecule has 0 bridgehead atoms. The van der Waals surface area contributed by atoms with E-state index in [1.165, 1.54) is 18.2 Å². The second-order valence-electron chi connectivity index (χ2n) is 10.9. The van der Waals surface area contributed by atoms with Crippen LogP contribution in [-0.4, -0.2) is 39.7 Å². The lowest BCUT2D eigenvalue weighted by Gasteiger charge is -2.33. The maximum atomic E-state index is 15.1. The van der Waals surface area contributed by atoms with Crippen LogP contribution in [-0.2, 0) is 11.3 Å². The summed E-state index contributed by atoms with van der Waals surface area (Å²) in [5.74, 6) is -1.63. The maximum Gasteiger partial charge on any atom is 0.410 e. The molecule has 1 aliphatic rings. The van der Waals surface area contributed by atoms with Crippen LogP contribution >= 0.6 is 0 Å². The zero-order valence-electron chi connectivity index (χ0n) is 22.2. The summed E-state index contributed by atoms with van der Waals surface area (Å²) in [4.78, 5) is 21.9. The Labute approximate surface area is 225 Å². The van der Waals surface area contributed by atoms with Crippen molar-refractivity contribution in [1.29, 1.82) is 0 Å². The van der Waals surface area contributed by atoms with E-state index in [-0.39, 0.29) is 35.6 Å². The van der Waals surface area contributed by atoms with Crippen molar-refractivity contribution in [3.63, 3.8) is 0 Å². The highest BCUT2D eigenvalue weighted by molar-refractivity contribution is 5.94. The van der Waals surface area contributed by atoms with Gasteiger partial charge in [0.15, 0.2) is 0 Å². The van der Waals surface area contributed by atoms with Crippen molar-refractivity contribution in [3.05, 3.63) is 83.4 Å². The zero-order chi connectivity index (χ0) is 27.7. The van der Waals surface area contributed by atoms with Crippen LogP contribution in [0.5, 0.6) is 0 Å². The number of halogens is 3. The van der Waals surface area contributed by atoms with Crippen LogP contribution in [0.2, 0.25) is 0 Å². The summed E-state index contributed by atoms with van der Waals surface area (Å²) in [5.41, 5.74) is 2.59. The molecular formula is C30H31F3N4O2. The minimum atomic E-state index is -0.732. The highest BCUT2D eigenvalue weighted by atomic mass is 19.1. The zero-order valence-corrected chi connectivity index (χ0v) is 22.2. The number of amides is 1. The summed E-state index contributed by atoms with van der Waals surface area (Å²) < 4.78 is 48.7. The molecule has 6 nitrogen and oxygen atoms in total.